The summed E-state index contributed by atoms with van der Waals surface area (Å²) >= 11 is 1.53. The largest absolute Gasteiger partial charge is 0.534 e. The summed E-state index contributed by atoms with van der Waals surface area (Å²) < 4.78 is 67.3. The summed E-state index contributed by atoms with van der Waals surface area (Å²) in [7, 11) is -10.2. The summed E-state index contributed by atoms with van der Waals surface area (Å²) in [5.74, 6) is -0.119. The Morgan fingerprint density at radius 2 is 1.44 bits per heavy atom. The summed E-state index contributed by atoms with van der Waals surface area (Å²) in [4.78, 5) is 0.985. The SMILES string of the molecule is C[Si](C)(C)c1cc(-c2cccs2)cc([Si](C)(C)C)c1OS(=O)(=O)C(F)(F)F. The summed E-state index contributed by atoms with van der Waals surface area (Å²) in [5, 5.41) is 3.09. The van der Waals surface area contributed by atoms with Crippen molar-refractivity contribution in [3.63, 3.8) is 0 Å². The maximum absolute atomic E-state index is 13.0. The molecule has 0 spiro atoms. The molecule has 1 aromatic heterocycles. The molecule has 3 nitrogen and oxygen atoms in total. The number of hydrogen-bond acceptors (Lipinski definition) is 4. The van der Waals surface area contributed by atoms with Crippen molar-refractivity contribution in [3.05, 3.63) is 29.6 Å². The third-order valence-corrected chi connectivity index (χ3v) is 9.83. The molecule has 0 radical (unpaired) electrons. The lowest BCUT2D eigenvalue weighted by Crippen LogP contribution is -2.48. The van der Waals surface area contributed by atoms with E-state index in [0.29, 0.717) is 10.4 Å². The molecule has 0 atom stereocenters. The van der Waals surface area contributed by atoms with Gasteiger partial charge in [-0.25, -0.2) is 0 Å². The van der Waals surface area contributed by atoms with Gasteiger partial charge in [0.2, 0.25) is 0 Å². The number of thiophene rings is 1. The first-order valence-electron chi connectivity index (χ1n) is 8.28. The molecule has 2 rings (SSSR count). The van der Waals surface area contributed by atoms with Gasteiger partial charge in [-0.15, -0.1) is 11.3 Å². The molecule has 0 aliphatic carbocycles. The minimum absolute atomic E-state index is 0.119. The number of benzene rings is 1. The van der Waals surface area contributed by atoms with Crippen molar-refractivity contribution in [1.29, 1.82) is 0 Å². The van der Waals surface area contributed by atoms with Gasteiger partial charge < -0.3 is 4.18 Å². The van der Waals surface area contributed by atoms with Crippen molar-refractivity contribution in [2.75, 3.05) is 0 Å². The molecule has 0 fully saturated rings. The third kappa shape index (κ3) is 4.85. The molecular weight excluding hydrogens is 429 g/mol. The molecule has 1 heterocycles. The Morgan fingerprint density at radius 3 is 1.78 bits per heavy atom. The van der Waals surface area contributed by atoms with E-state index in [1.54, 1.807) is 12.1 Å². The minimum atomic E-state index is -5.74. The van der Waals surface area contributed by atoms with Crippen molar-refractivity contribution in [1.82, 2.24) is 0 Å². The lowest BCUT2D eigenvalue weighted by Gasteiger charge is -2.28. The number of alkyl halides is 3. The van der Waals surface area contributed by atoms with Crippen molar-refractivity contribution in [2.45, 2.75) is 44.8 Å². The molecule has 1 aromatic carbocycles. The van der Waals surface area contributed by atoms with Gasteiger partial charge in [0.05, 0.1) is 16.1 Å². The van der Waals surface area contributed by atoms with E-state index in [1.807, 2.05) is 56.8 Å². The molecule has 0 aliphatic heterocycles. The van der Waals surface area contributed by atoms with Crippen LogP contribution in [-0.2, 0) is 10.1 Å². The topological polar surface area (TPSA) is 43.4 Å². The molecular formula is C17H23F3O3S2Si2. The first-order valence-corrected chi connectivity index (χ1v) is 17.6. The quantitative estimate of drug-likeness (QED) is 0.374. The Hall–Kier alpha value is -1.11. The highest BCUT2D eigenvalue weighted by Crippen LogP contribution is 2.31. The zero-order valence-electron chi connectivity index (χ0n) is 16.1. The Labute approximate surface area is 164 Å². The number of rotatable bonds is 5. The third-order valence-electron chi connectivity index (χ3n) is 3.99. The van der Waals surface area contributed by atoms with Crippen LogP contribution < -0.4 is 14.6 Å². The summed E-state index contributed by atoms with van der Waals surface area (Å²) in [6.07, 6.45) is 0. The second-order valence-electron chi connectivity index (χ2n) is 8.36. The highest BCUT2D eigenvalue weighted by molar-refractivity contribution is 7.88. The predicted molar refractivity (Wildman–Crippen MR) is 111 cm³/mol. The molecule has 0 unspecified atom stereocenters. The zero-order chi connectivity index (χ0) is 20.8. The molecule has 0 saturated carbocycles. The fourth-order valence-electron chi connectivity index (χ4n) is 2.57. The van der Waals surface area contributed by atoms with Crippen LogP contribution >= 0.6 is 11.3 Å². The molecule has 2 aromatic rings. The van der Waals surface area contributed by atoms with Gasteiger partial charge in [-0.3, -0.25) is 0 Å². The summed E-state index contributed by atoms with van der Waals surface area (Å²) in [6, 6.07) is 7.43. The Balaban J connectivity index is 2.84. The minimum Gasteiger partial charge on any atom is -0.376 e. The number of hydrogen-bond donors (Lipinski definition) is 0. The fourth-order valence-corrected chi connectivity index (χ4v) is 6.97. The fraction of sp³-hybridized carbons (Fsp3) is 0.412. The van der Waals surface area contributed by atoms with E-state index in [0.717, 1.165) is 10.4 Å². The Kier molecular flexibility index (Phi) is 5.79. The molecule has 0 bridgehead atoms. The van der Waals surface area contributed by atoms with Crippen LogP contribution in [0, 0.1) is 0 Å². The van der Waals surface area contributed by atoms with Gasteiger partial charge in [0.1, 0.15) is 5.75 Å². The van der Waals surface area contributed by atoms with E-state index < -0.39 is 31.8 Å². The van der Waals surface area contributed by atoms with E-state index in [-0.39, 0.29) is 5.75 Å². The molecule has 0 N–H and O–H groups in total. The molecule has 0 aliphatic rings. The lowest BCUT2D eigenvalue weighted by molar-refractivity contribution is -0.0499. The maximum Gasteiger partial charge on any atom is 0.534 e. The van der Waals surface area contributed by atoms with Crippen LogP contribution in [0.25, 0.3) is 10.4 Å². The highest BCUT2D eigenvalue weighted by Gasteiger charge is 2.49. The standard InChI is InChI=1S/C17H23F3O3S2Si2/c1-26(2,3)14-10-12(13-8-7-9-24-13)11-15(27(4,5)6)16(14)23-25(21,22)17(18,19)20/h7-11H,1-6H3. The van der Waals surface area contributed by atoms with Gasteiger partial charge in [-0.1, -0.05) is 57.5 Å². The first-order chi connectivity index (χ1) is 12.0. The van der Waals surface area contributed by atoms with E-state index in [1.165, 1.54) is 11.3 Å². The average molecular weight is 453 g/mol. The summed E-state index contributed by atoms with van der Waals surface area (Å²) in [6.45, 7) is 11.8. The van der Waals surface area contributed by atoms with Gasteiger partial charge in [0, 0.05) is 4.88 Å². The van der Waals surface area contributed by atoms with E-state index in [2.05, 4.69) is 0 Å². The second-order valence-corrected chi connectivity index (χ2v) is 20.9. The van der Waals surface area contributed by atoms with Gasteiger partial charge in [-0.05, 0) is 27.4 Å². The summed E-state index contributed by atoms with van der Waals surface area (Å²) in [5.41, 5.74) is -4.58. The highest BCUT2D eigenvalue weighted by atomic mass is 32.2. The van der Waals surface area contributed by atoms with Crippen molar-refractivity contribution < 1.29 is 25.8 Å². The van der Waals surface area contributed by atoms with Crippen LogP contribution in [0.15, 0.2) is 29.6 Å². The monoisotopic (exact) mass is 452 g/mol. The van der Waals surface area contributed by atoms with E-state index in [4.69, 9.17) is 4.18 Å². The second kappa shape index (κ2) is 7.05. The smallest absolute Gasteiger partial charge is 0.376 e. The van der Waals surface area contributed by atoms with Gasteiger partial charge >= 0.3 is 15.6 Å². The Morgan fingerprint density at radius 1 is 0.963 bits per heavy atom. The van der Waals surface area contributed by atoms with Gasteiger partial charge in [0.15, 0.2) is 0 Å². The van der Waals surface area contributed by atoms with Gasteiger partial charge in [0.25, 0.3) is 0 Å². The molecule has 150 valence electrons. The molecule has 27 heavy (non-hydrogen) atoms. The van der Waals surface area contributed by atoms with Crippen LogP contribution in [0.5, 0.6) is 5.75 Å². The van der Waals surface area contributed by atoms with Crippen LogP contribution in [-0.4, -0.2) is 30.1 Å². The molecule has 0 amide bonds. The van der Waals surface area contributed by atoms with Crippen molar-refractivity contribution >= 4 is 48.0 Å². The Bertz CT molecular complexity index is 889. The lowest BCUT2D eigenvalue weighted by atomic mass is 10.2. The maximum atomic E-state index is 13.0. The van der Waals surface area contributed by atoms with Crippen LogP contribution in [0.4, 0.5) is 13.2 Å². The van der Waals surface area contributed by atoms with E-state index >= 15 is 0 Å². The van der Waals surface area contributed by atoms with Crippen molar-refractivity contribution in [3.8, 4) is 16.2 Å². The molecule has 10 heteroatoms. The number of halogens is 3. The first kappa shape index (κ1) is 22.2. The van der Waals surface area contributed by atoms with E-state index in [9.17, 15) is 21.6 Å². The van der Waals surface area contributed by atoms with Gasteiger partial charge in [-0.2, -0.15) is 21.6 Å². The normalized spacial score (nSPS) is 13.7. The van der Waals surface area contributed by atoms with Crippen LogP contribution in [0.3, 0.4) is 0 Å². The van der Waals surface area contributed by atoms with Crippen molar-refractivity contribution in [2.24, 2.45) is 0 Å². The molecule has 0 saturated heterocycles. The zero-order valence-corrected chi connectivity index (χ0v) is 19.7. The predicted octanol–water partition coefficient (Wildman–Crippen LogP) is 4.73. The van der Waals surface area contributed by atoms with Crippen LogP contribution in [0.2, 0.25) is 39.3 Å². The van der Waals surface area contributed by atoms with Crippen LogP contribution in [0.1, 0.15) is 0 Å². The average Bonchev–Trinajstić information content (AvgIpc) is 2.97.